The van der Waals surface area contributed by atoms with Crippen molar-refractivity contribution < 1.29 is 31.9 Å². The Hall–Kier alpha value is -4.59. The zero-order valence-electron chi connectivity index (χ0n) is 20.7. The van der Waals surface area contributed by atoms with E-state index >= 15 is 0 Å². The average Bonchev–Trinajstić information content (AvgIpc) is 3.35. The number of amides is 1. The van der Waals surface area contributed by atoms with Crippen molar-refractivity contribution in [3.05, 3.63) is 77.8 Å². The summed E-state index contributed by atoms with van der Waals surface area (Å²) in [5.41, 5.74) is 3.01. The molecule has 5 rings (SSSR count). The lowest BCUT2D eigenvalue weighted by atomic mass is 9.99. The number of carbonyl (C=O) groups is 1. The van der Waals surface area contributed by atoms with Crippen LogP contribution in [0.5, 0.6) is 0 Å². The number of aromatic nitrogens is 4. The van der Waals surface area contributed by atoms with E-state index < -0.39 is 23.7 Å². The Bertz CT molecular complexity index is 1540. The fraction of sp³-hybridized carbons (Fsp3) is 0.231. The standard InChI is InChI=1S/C26H22F5N7O2/c27-18-8-19(28)10-21(9-18)35-25-32-12-22(17-11-33-38(14-17)5-6-39)23(36-25)34-20-2-1-15-3-4-37(13-16(15)7-20)24(40)26(29,30)31/h1-2,7-12,14,39H,3-6,13H2,(H2,32,34,35,36). The van der Waals surface area contributed by atoms with Gasteiger partial charge in [-0.1, -0.05) is 6.07 Å². The highest BCUT2D eigenvalue weighted by molar-refractivity contribution is 5.82. The van der Waals surface area contributed by atoms with Gasteiger partial charge in [-0.05, 0) is 41.8 Å². The van der Waals surface area contributed by atoms with Gasteiger partial charge in [0, 0.05) is 54.1 Å². The Morgan fingerprint density at radius 2 is 1.77 bits per heavy atom. The van der Waals surface area contributed by atoms with Crippen LogP contribution < -0.4 is 10.6 Å². The third-order valence-corrected chi connectivity index (χ3v) is 6.19. The van der Waals surface area contributed by atoms with Gasteiger partial charge in [0.25, 0.3) is 0 Å². The van der Waals surface area contributed by atoms with Gasteiger partial charge in [0.1, 0.15) is 17.5 Å². The van der Waals surface area contributed by atoms with Crippen molar-refractivity contribution in [3.8, 4) is 11.1 Å². The molecule has 3 heterocycles. The van der Waals surface area contributed by atoms with Crippen molar-refractivity contribution in [1.29, 1.82) is 0 Å². The van der Waals surface area contributed by atoms with Crippen molar-refractivity contribution in [2.24, 2.45) is 0 Å². The lowest BCUT2D eigenvalue weighted by Gasteiger charge is -2.29. The number of benzene rings is 2. The van der Waals surface area contributed by atoms with Crippen LogP contribution in [0.3, 0.4) is 0 Å². The fourth-order valence-electron chi connectivity index (χ4n) is 4.36. The molecule has 208 valence electrons. The molecule has 2 aromatic carbocycles. The second-order valence-corrected chi connectivity index (χ2v) is 9.04. The normalized spacial score (nSPS) is 13.2. The van der Waals surface area contributed by atoms with Crippen LogP contribution in [0, 0.1) is 11.6 Å². The monoisotopic (exact) mass is 559 g/mol. The molecule has 1 amide bonds. The third kappa shape index (κ3) is 6.01. The number of fused-ring (bicyclic) bond motifs is 1. The summed E-state index contributed by atoms with van der Waals surface area (Å²) < 4.78 is 67.8. The molecule has 40 heavy (non-hydrogen) atoms. The van der Waals surface area contributed by atoms with Crippen molar-refractivity contribution in [2.75, 3.05) is 23.8 Å². The zero-order valence-corrected chi connectivity index (χ0v) is 20.7. The predicted octanol–water partition coefficient (Wildman–Crippen LogP) is 4.54. The molecule has 1 aliphatic rings. The van der Waals surface area contributed by atoms with E-state index in [1.165, 1.54) is 10.9 Å². The Labute approximate surface area is 224 Å². The average molecular weight is 559 g/mol. The molecular formula is C26H22F5N7O2. The second-order valence-electron chi connectivity index (χ2n) is 9.04. The van der Waals surface area contributed by atoms with Crippen LogP contribution in [0.2, 0.25) is 0 Å². The molecule has 0 atom stereocenters. The van der Waals surface area contributed by atoms with Crippen LogP contribution in [0.15, 0.2) is 55.0 Å². The summed E-state index contributed by atoms with van der Waals surface area (Å²) in [6.45, 7) is -0.113. The maximum atomic E-state index is 13.7. The van der Waals surface area contributed by atoms with Gasteiger partial charge in [0.2, 0.25) is 5.95 Å². The fourth-order valence-corrected chi connectivity index (χ4v) is 4.36. The minimum Gasteiger partial charge on any atom is -0.394 e. The number of aliphatic hydroxyl groups is 1. The summed E-state index contributed by atoms with van der Waals surface area (Å²) in [7, 11) is 0. The molecule has 0 aliphatic carbocycles. The summed E-state index contributed by atoms with van der Waals surface area (Å²) in [6.07, 6.45) is -0.00335. The molecule has 0 fully saturated rings. The zero-order chi connectivity index (χ0) is 28.4. The Kier molecular flexibility index (Phi) is 7.34. The van der Waals surface area contributed by atoms with Crippen LogP contribution in [0.25, 0.3) is 11.1 Å². The lowest BCUT2D eigenvalue weighted by molar-refractivity contribution is -0.186. The molecule has 1 aliphatic heterocycles. The first-order chi connectivity index (χ1) is 19.1. The van der Waals surface area contributed by atoms with Crippen LogP contribution in [0.4, 0.5) is 45.1 Å². The highest BCUT2D eigenvalue weighted by Gasteiger charge is 2.43. The van der Waals surface area contributed by atoms with Crippen LogP contribution >= 0.6 is 0 Å². The molecule has 0 bridgehead atoms. The predicted molar refractivity (Wildman–Crippen MR) is 135 cm³/mol. The van der Waals surface area contributed by atoms with Gasteiger partial charge in [-0.2, -0.15) is 23.3 Å². The van der Waals surface area contributed by atoms with E-state index in [4.69, 9.17) is 0 Å². The summed E-state index contributed by atoms with van der Waals surface area (Å²) in [4.78, 5) is 21.2. The van der Waals surface area contributed by atoms with E-state index in [9.17, 15) is 31.9 Å². The van der Waals surface area contributed by atoms with Gasteiger partial charge in [0.05, 0.1) is 19.3 Å². The summed E-state index contributed by atoms with van der Waals surface area (Å²) in [5.74, 6) is -3.20. The third-order valence-electron chi connectivity index (χ3n) is 6.19. The first-order valence-corrected chi connectivity index (χ1v) is 12.1. The molecule has 3 N–H and O–H groups in total. The van der Waals surface area contributed by atoms with Crippen molar-refractivity contribution in [2.45, 2.75) is 25.7 Å². The number of aliphatic hydroxyl groups excluding tert-OH is 1. The van der Waals surface area contributed by atoms with Gasteiger partial charge < -0.3 is 20.6 Å². The second kappa shape index (κ2) is 10.9. The Morgan fingerprint density at radius 3 is 2.50 bits per heavy atom. The highest BCUT2D eigenvalue weighted by Crippen LogP contribution is 2.32. The lowest BCUT2D eigenvalue weighted by Crippen LogP contribution is -2.43. The molecule has 9 nitrogen and oxygen atoms in total. The minimum atomic E-state index is -4.96. The van der Waals surface area contributed by atoms with Gasteiger partial charge in [0.15, 0.2) is 0 Å². The first-order valence-electron chi connectivity index (χ1n) is 12.1. The Morgan fingerprint density at radius 1 is 1.00 bits per heavy atom. The van der Waals surface area contributed by atoms with E-state index in [2.05, 4.69) is 25.7 Å². The number of halogens is 5. The van der Waals surface area contributed by atoms with Gasteiger partial charge in [-0.15, -0.1) is 0 Å². The van der Waals surface area contributed by atoms with E-state index in [1.807, 2.05) is 0 Å². The van der Waals surface area contributed by atoms with Gasteiger partial charge in [-0.3, -0.25) is 9.48 Å². The number of nitrogens with one attached hydrogen (secondary N) is 2. The van der Waals surface area contributed by atoms with E-state index in [1.54, 1.807) is 30.6 Å². The quantitative estimate of drug-likeness (QED) is 0.285. The molecule has 2 aromatic heterocycles. The molecule has 14 heteroatoms. The molecule has 0 spiro atoms. The van der Waals surface area contributed by atoms with E-state index in [0.29, 0.717) is 22.4 Å². The molecule has 4 aromatic rings. The topological polar surface area (TPSA) is 108 Å². The number of anilines is 4. The number of hydrogen-bond donors (Lipinski definition) is 3. The van der Waals surface area contributed by atoms with Crippen molar-refractivity contribution >= 4 is 29.0 Å². The van der Waals surface area contributed by atoms with Gasteiger partial charge in [-0.25, -0.2) is 13.8 Å². The SMILES string of the molecule is O=C(N1CCc2ccc(Nc3nc(Nc4cc(F)cc(F)c4)ncc3-c3cnn(CCO)c3)cc2C1)C(F)(F)F. The van der Waals surface area contributed by atoms with Crippen LogP contribution in [-0.2, 0) is 24.3 Å². The number of alkyl halides is 3. The maximum Gasteiger partial charge on any atom is 0.471 e. The largest absolute Gasteiger partial charge is 0.471 e. The van der Waals surface area contributed by atoms with Crippen LogP contribution in [-0.4, -0.2) is 55.0 Å². The van der Waals surface area contributed by atoms with Crippen LogP contribution in [0.1, 0.15) is 11.1 Å². The summed E-state index contributed by atoms with van der Waals surface area (Å²) in [5, 5.41) is 19.3. The van der Waals surface area contributed by atoms with Crippen molar-refractivity contribution in [1.82, 2.24) is 24.6 Å². The maximum absolute atomic E-state index is 13.7. The summed E-state index contributed by atoms with van der Waals surface area (Å²) in [6, 6.07) is 8.01. The minimum absolute atomic E-state index is 0.0129. The smallest absolute Gasteiger partial charge is 0.394 e. The number of nitrogens with zero attached hydrogens (tertiary/aromatic N) is 5. The van der Waals surface area contributed by atoms with Gasteiger partial charge >= 0.3 is 12.1 Å². The number of carbonyl (C=O) groups excluding carboxylic acids is 1. The highest BCUT2D eigenvalue weighted by atomic mass is 19.4. The van der Waals surface area contributed by atoms with Crippen molar-refractivity contribution in [3.63, 3.8) is 0 Å². The number of rotatable bonds is 7. The van der Waals surface area contributed by atoms with E-state index in [-0.39, 0.29) is 50.1 Å². The Balaban J connectivity index is 1.47. The molecule has 0 radical (unpaired) electrons. The molecule has 0 unspecified atom stereocenters. The first kappa shape index (κ1) is 27.0. The molecule has 0 saturated carbocycles. The number of hydrogen-bond acceptors (Lipinski definition) is 7. The molecule has 0 saturated heterocycles. The molecular weight excluding hydrogens is 537 g/mol. The summed E-state index contributed by atoms with van der Waals surface area (Å²) >= 11 is 0. The van der Waals surface area contributed by atoms with E-state index in [0.717, 1.165) is 28.7 Å².